The Bertz CT molecular complexity index is 389. The summed E-state index contributed by atoms with van der Waals surface area (Å²) in [6, 6.07) is 11.1. The van der Waals surface area contributed by atoms with Crippen LogP contribution in [0.4, 0.5) is 5.69 Å². The van der Waals surface area contributed by atoms with Crippen molar-refractivity contribution in [1.82, 2.24) is 0 Å². The van der Waals surface area contributed by atoms with Crippen molar-refractivity contribution < 1.29 is 0 Å². The molecule has 1 aromatic carbocycles. The topological polar surface area (TPSA) is 53.0 Å². The Kier molecular flexibility index (Phi) is 5.67. The fourth-order valence-corrected chi connectivity index (χ4v) is 2.00. The van der Waals surface area contributed by atoms with Crippen LogP contribution >= 0.6 is 0 Å². The highest BCUT2D eigenvalue weighted by Crippen LogP contribution is 2.21. The smallest absolute Gasteiger partial charge is 0.0640 e. The summed E-state index contributed by atoms with van der Waals surface area (Å²) in [5.74, 6) is 0. The van der Waals surface area contributed by atoms with Gasteiger partial charge in [-0.2, -0.15) is 5.26 Å². The summed E-state index contributed by atoms with van der Waals surface area (Å²) in [5.41, 5.74) is 8.33. The van der Waals surface area contributed by atoms with Crippen molar-refractivity contribution in [3.8, 4) is 6.07 Å². The van der Waals surface area contributed by atoms with Gasteiger partial charge in [0, 0.05) is 24.3 Å². The van der Waals surface area contributed by atoms with Crippen molar-refractivity contribution in [3.05, 3.63) is 29.8 Å². The van der Waals surface area contributed by atoms with E-state index in [0.29, 0.717) is 12.5 Å². The monoisotopic (exact) mass is 245 g/mol. The highest BCUT2D eigenvalue weighted by atomic mass is 15.1. The van der Waals surface area contributed by atoms with Crippen molar-refractivity contribution in [2.45, 2.75) is 45.7 Å². The average molecular weight is 245 g/mol. The minimum absolute atomic E-state index is 0.116. The molecule has 0 heterocycles. The number of rotatable bonds is 6. The highest BCUT2D eigenvalue weighted by Gasteiger charge is 2.10. The van der Waals surface area contributed by atoms with Gasteiger partial charge in [-0.15, -0.1) is 0 Å². The highest BCUT2D eigenvalue weighted by molar-refractivity contribution is 5.48. The first kappa shape index (κ1) is 14.5. The molecule has 0 saturated carbocycles. The molecule has 0 aliphatic rings. The van der Waals surface area contributed by atoms with Gasteiger partial charge in [-0.3, -0.25) is 0 Å². The van der Waals surface area contributed by atoms with E-state index in [9.17, 15) is 0 Å². The molecule has 3 nitrogen and oxygen atoms in total. The van der Waals surface area contributed by atoms with Gasteiger partial charge in [-0.1, -0.05) is 19.1 Å². The van der Waals surface area contributed by atoms with Crippen LogP contribution in [-0.2, 0) is 0 Å². The Morgan fingerprint density at radius 2 is 1.89 bits per heavy atom. The fourth-order valence-electron chi connectivity index (χ4n) is 2.00. The zero-order valence-electron chi connectivity index (χ0n) is 11.6. The molecular formula is C15H23N3. The molecule has 0 radical (unpaired) electrons. The van der Waals surface area contributed by atoms with Crippen molar-refractivity contribution in [3.63, 3.8) is 0 Å². The first-order valence-corrected chi connectivity index (χ1v) is 6.59. The van der Waals surface area contributed by atoms with Gasteiger partial charge in [0.05, 0.1) is 12.5 Å². The molecule has 0 aliphatic heterocycles. The maximum absolute atomic E-state index is 8.70. The summed E-state index contributed by atoms with van der Waals surface area (Å²) in [4.78, 5) is 2.24. The molecule has 0 aliphatic carbocycles. The lowest BCUT2D eigenvalue weighted by molar-refractivity contribution is 0.682. The molecule has 0 saturated heterocycles. The summed E-state index contributed by atoms with van der Waals surface area (Å²) in [6.45, 7) is 7.14. The van der Waals surface area contributed by atoms with Crippen LogP contribution in [0.1, 0.15) is 45.2 Å². The minimum atomic E-state index is 0.116. The fraction of sp³-hybridized carbons (Fsp3) is 0.533. The minimum Gasteiger partial charge on any atom is -0.368 e. The molecule has 0 spiro atoms. The molecule has 0 amide bonds. The van der Waals surface area contributed by atoms with E-state index in [2.05, 4.69) is 56.0 Å². The Balaban J connectivity index is 2.84. The Labute approximate surface area is 110 Å². The van der Waals surface area contributed by atoms with Gasteiger partial charge < -0.3 is 10.6 Å². The maximum Gasteiger partial charge on any atom is 0.0640 e. The van der Waals surface area contributed by atoms with Crippen LogP contribution in [0.25, 0.3) is 0 Å². The third-order valence-electron chi connectivity index (χ3n) is 3.18. The molecule has 1 aromatic rings. The number of benzene rings is 1. The molecular weight excluding hydrogens is 222 g/mol. The molecule has 18 heavy (non-hydrogen) atoms. The Hall–Kier alpha value is -1.53. The van der Waals surface area contributed by atoms with Crippen LogP contribution in [0.3, 0.4) is 0 Å². The van der Waals surface area contributed by atoms with Crippen LogP contribution in [0, 0.1) is 11.3 Å². The van der Waals surface area contributed by atoms with Gasteiger partial charge in [-0.05, 0) is 38.0 Å². The molecule has 1 atom stereocenters. The number of nitrogens with zero attached hydrogens (tertiary/aromatic N) is 2. The van der Waals surface area contributed by atoms with Crippen LogP contribution in [0.2, 0.25) is 0 Å². The van der Waals surface area contributed by atoms with Gasteiger partial charge in [0.2, 0.25) is 0 Å². The summed E-state index contributed by atoms with van der Waals surface area (Å²) in [5, 5.41) is 8.70. The molecule has 0 aromatic heterocycles. The van der Waals surface area contributed by atoms with Crippen LogP contribution in [0.5, 0.6) is 0 Å². The predicted octanol–water partition coefficient (Wildman–Crippen LogP) is 3.22. The second kappa shape index (κ2) is 7.03. The van der Waals surface area contributed by atoms with Gasteiger partial charge in [0.1, 0.15) is 0 Å². The third-order valence-corrected chi connectivity index (χ3v) is 3.18. The standard InChI is InChI=1S/C15H23N3/c1-4-15(17)13-6-8-14(9-7-13)18(12(2)3)11-5-10-16/h6-9,12,15H,4-5,11,17H2,1-3H3. The van der Waals surface area contributed by atoms with Crippen molar-refractivity contribution in [2.75, 3.05) is 11.4 Å². The number of anilines is 1. The lowest BCUT2D eigenvalue weighted by Gasteiger charge is -2.28. The molecule has 1 rings (SSSR count). The number of nitriles is 1. The van der Waals surface area contributed by atoms with Crippen molar-refractivity contribution >= 4 is 5.69 Å². The van der Waals surface area contributed by atoms with Crippen molar-refractivity contribution in [1.29, 1.82) is 5.26 Å². The van der Waals surface area contributed by atoms with Crippen LogP contribution < -0.4 is 10.6 Å². The SMILES string of the molecule is CCC(N)c1ccc(N(CCC#N)C(C)C)cc1. The van der Waals surface area contributed by atoms with Gasteiger partial charge >= 0.3 is 0 Å². The lowest BCUT2D eigenvalue weighted by Crippen LogP contribution is -2.31. The summed E-state index contributed by atoms with van der Waals surface area (Å²) < 4.78 is 0. The zero-order chi connectivity index (χ0) is 13.5. The molecule has 2 N–H and O–H groups in total. The molecule has 3 heteroatoms. The second-order valence-electron chi connectivity index (χ2n) is 4.80. The van der Waals surface area contributed by atoms with E-state index in [1.54, 1.807) is 0 Å². The average Bonchev–Trinajstić information content (AvgIpc) is 2.38. The third kappa shape index (κ3) is 3.75. The van der Waals surface area contributed by atoms with Crippen LogP contribution in [0.15, 0.2) is 24.3 Å². The van der Waals surface area contributed by atoms with E-state index in [4.69, 9.17) is 11.0 Å². The normalized spacial score (nSPS) is 12.2. The van der Waals surface area contributed by atoms with E-state index in [1.807, 2.05) is 0 Å². The van der Waals surface area contributed by atoms with E-state index < -0.39 is 0 Å². The first-order chi connectivity index (χ1) is 8.60. The van der Waals surface area contributed by atoms with Gasteiger partial charge in [0.25, 0.3) is 0 Å². The van der Waals surface area contributed by atoms with Crippen LogP contribution in [-0.4, -0.2) is 12.6 Å². The summed E-state index contributed by atoms with van der Waals surface area (Å²) in [6.07, 6.45) is 1.50. The van der Waals surface area contributed by atoms with E-state index >= 15 is 0 Å². The Morgan fingerprint density at radius 3 is 2.33 bits per heavy atom. The van der Waals surface area contributed by atoms with E-state index in [-0.39, 0.29) is 6.04 Å². The lowest BCUT2D eigenvalue weighted by atomic mass is 10.0. The maximum atomic E-state index is 8.70. The molecule has 1 unspecified atom stereocenters. The van der Waals surface area contributed by atoms with E-state index in [0.717, 1.165) is 18.7 Å². The molecule has 98 valence electrons. The number of nitrogens with two attached hydrogens (primary N) is 1. The molecule has 0 bridgehead atoms. The number of hydrogen-bond donors (Lipinski definition) is 1. The van der Waals surface area contributed by atoms with Gasteiger partial charge in [0.15, 0.2) is 0 Å². The second-order valence-corrected chi connectivity index (χ2v) is 4.80. The van der Waals surface area contributed by atoms with E-state index in [1.165, 1.54) is 5.56 Å². The molecule has 0 fully saturated rings. The Morgan fingerprint density at radius 1 is 1.28 bits per heavy atom. The summed E-state index contributed by atoms with van der Waals surface area (Å²) in [7, 11) is 0. The largest absolute Gasteiger partial charge is 0.368 e. The van der Waals surface area contributed by atoms with Crippen molar-refractivity contribution in [2.24, 2.45) is 5.73 Å². The summed E-state index contributed by atoms with van der Waals surface area (Å²) >= 11 is 0. The predicted molar refractivity (Wildman–Crippen MR) is 76.4 cm³/mol. The number of hydrogen-bond acceptors (Lipinski definition) is 3. The zero-order valence-corrected chi connectivity index (χ0v) is 11.6. The quantitative estimate of drug-likeness (QED) is 0.837. The van der Waals surface area contributed by atoms with Gasteiger partial charge in [-0.25, -0.2) is 0 Å². The first-order valence-electron chi connectivity index (χ1n) is 6.59.